The van der Waals surface area contributed by atoms with Crippen LogP contribution in [0.25, 0.3) is 12.2 Å². The Morgan fingerprint density at radius 2 is 1.93 bits per heavy atom. The molecule has 1 aliphatic carbocycles. The molecule has 27 heavy (non-hydrogen) atoms. The first kappa shape index (κ1) is 17.1. The first-order chi connectivity index (χ1) is 13.1. The summed E-state index contributed by atoms with van der Waals surface area (Å²) in [5, 5.41) is 2.92. The number of carbonyl (C=O) groups excluding carboxylic acids is 2. The van der Waals surface area contributed by atoms with Gasteiger partial charge in [-0.05, 0) is 54.3 Å². The summed E-state index contributed by atoms with van der Waals surface area (Å²) >= 11 is 0. The number of fused-ring (bicyclic) bond motifs is 1. The summed E-state index contributed by atoms with van der Waals surface area (Å²) in [5.74, 6) is 0.645. The number of rotatable bonds is 4. The van der Waals surface area contributed by atoms with Crippen LogP contribution in [0.1, 0.15) is 24.0 Å². The van der Waals surface area contributed by atoms with E-state index in [0.717, 1.165) is 29.7 Å². The largest absolute Gasteiger partial charge is 0.449 e. The van der Waals surface area contributed by atoms with Crippen LogP contribution in [0.5, 0.6) is 5.75 Å². The van der Waals surface area contributed by atoms with Gasteiger partial charge in [-0.15, -0.1) is 0 Å². The molecule has 4 rings (SSSR count). The van der Waals surface area contributed by atoms with E-state index in [-0.39, 0.29) is 17.6 Å². The van der Waals surface area contributed by atoms with Crippen molar-refractivity contribution in [1.29, 1.82) is 0 Å². The normalized spacial score (nSPS) is 17.7. The minimum Gasteiger partial charge on any atom is -0.449 e. The number of likely N-dealkylation sites (N-methyl/N-ethyl adjacent to an activating group) is 1. The summed E-state index contributed by atoms with van der Waals surface area (Å²) < 4.78 is 5.80. The smallest absolute Gasteiger partial charge is 0.293 e. The summed E-state index contributed by atoms with van der Waals surface area (Å²) in [5.41, 5.74) is 2.46. The lowest BCUT2D eigenvalue weighted by Crippen LogP contribution is -2.33. The van der Waals surface area contributed by atoms with Gasteiger partial charge >= 0.3 is 0 Å². The number of amides is 2. The van der Waals surface area contributed by atoms with Crippen LogP contribution in [0.2, 0.25) is 0 Å². The van der Waals surface area contributed by atoms with Gasteiger partial charge in [0.1, 0.15) is 0 Å². The van der Waals surface area contributed by atoms with Gasteiger partial charge in [0, 0.05) is 19.2 Å². The monoisotopic (exact) mass is 360 g/mol. The molecule has 0 radical (unpaired) electrons. The summed E-state index contributed by atoms with van der Waals surface area (Å²) in [6.45, 7) is 0. The topological polar surface area (TPSA) is 58.6 Å². The Bertz CT molecular complexity index is 958. The average Bonchev–Trinajstić information content (AvgIpc) is 3.49. The van der Waals surface area contributed by atoms with Gasteiger partial charge in [0.05, 0.1) is 5.69 Å². The lowest BCUT2D eigenvalue weighted by Gasteiger charge is -2.27. The van der Waals surface area contributed by atoms with Gasteiger partial charge in [0.15, 0.2) is 11.5 Å². The number of para-hydroxylation sites is 2. The molecule has 2 amide bonds. The van der Waals surface area contributed by atoms with E-state index >= 15 is 0 Å². The predicted molar refractivity (Wildman–Crippen MR) is 105 cm³/mol. The zero-order valence-electron chi connectivity index (χ0n) is 15.0. The van der Waals surface area contributed by atoms with Crippen LogP contribution in [0.4, 0.5) is 5.69 Å². The molecule has 2 aliphatic rings. The quantitative estimate of drug-likeness (QED) is 0.851. The summed E-state index contributed by atoms with van der Waals surface area (Å²) in [4.78, 5) is 25.9. The van der Waals surface area contributed by atoms with Crippen LogP contribution in [0.15, 0.2) is 60.4 Å². The fourth-order valence-electron chi connectivity index (χ4n) is 2.90. The number of ether oxygens (including phenoxy) is 1. The Labute approximate surface area is 157 Å². The summed E-state index contributed by atoms with van der Waals surface area (Å²) in [6.07, 6.45) is 7.15. The fourth-order valence-corrected chi connectivity index (χ4v) is 2.90. The highest BCUT2D eigenvalue weighted by Gasteiger charge is 2.27. The molecule has 136 valence electrons. The van der Waals surface area contributed by atoms with Gasteiger partial charge in [-0.2, -0.15) is 0 Å². The first-order valence-corrected chi connectivity index (χ1v) is 8.95. The Morgan fingerprint density at radius 1 is 1.15 bits per heavy atom. The molecule has 5 nitrogen and oxygen atoms in total. The van der Waals surface area contributed by atoms with E-state index in [1.54, 1.807) is 24.1 Å². The van der Waals surface area contributed by atoms with Gasteiger partial charge < -0.3 is 15.0 Å². The maximum atomic E-state index is 12.6. The Morgan fingerprint density at radius 3 is 2.74 bits per heavy atom. The Kier molecular flexibility index (Phi) is 4.50. The van der Waals surface area contributed by atoms with E-state index in [1.807, 2.05) is 48.5 Å². The van der Waals surface area contributed by atoms with Crippen molar-refractivity contribution in [1.82, 2.24) is 5.32 Å². The molecule has 2 aromatic rings. The molecule has 1 saturated carbocycles. The third kappa shape index (κ3) is 3.92. The van der Waals surface area contributed by atoms with E-state index in [9.17, 15) is 9.59 Å². The van der Waals surface area contributed by atoms with Crippen LogP contribution in [0, 0.1) is 0 Å². The molecular formula is C22H20N2O3. The summed E-state index contributed by atoms with van der Waals surface area (Å²) in [7, 11) is 1.73. The third-order valence-electron chi connectivity index (χ3n) is 4.52. The number of carbonyl (C=O) groups is 2. The Balaban J connectivity index is 1.54. The summed E-state index contributed by atoms with van der Waals surface area (Å²) in [6, 6.07) is 15.4. The number of anilines is 1. The molecule has 0 bridgehead atoms. The number of benzene rings is 2. The number of nitrogens with zero attached hydrogens (tertiary/aromatic N) is 1. The lowest BCUT2D eigenvalue weighted by atomic mass is 10.1. The molecular weight excluding hydrogens is 340 g/mol. The molecule has 5 heteroatoms. The maximum absolute atomic E-state index is 12.6. The molecule has 0 aromatic heterocycles. The van der Waals surface area contributed by atoms with E-state index in [0.29, 0.717) is 11.8 Å². The second-order valence-corrected chi connectivity index (χ2v) is 6.73. The van der Waals surface area contributed by atoms with Crippen LogP contribution in [0.3, 0.4) is 0 Å². The number of nitrogens with one attached hydrogen (secondary N) is 1. The van der Waals surface area contributed by atoms with Crippen molar-refractivity contribution in [3.8, 4) is 5.75 Å². The minimum atomic E-state index is -0.196. The molecule has 1 fully saturated rings. The van der Waals surface area contributed by atoms with Crippen molar-refractivity contribution in [3.05, 3.63) is 71.5 Å². The zero-order chi connectivity index (χ0) is 18.8. The van der Waals surface area contributed by atoms with E-state index in [4.69, 9.17) is 4.74 Å². The predicted octanol–water partition coefficient (Wildman–Crippen LogP) is 3.37. The highest BCUT2D eigenvalue weighted by Crippen LogP contribution is 2.34. The van der Waals surface area contributed by atoms with Gasteiger partial charge in [0.2, 0.25) is 5.91 Å². The van der Waals surface area contributed by atoms with Crippen LogP contribution < -0.4 is 15.0 Å². The molecule has 0 saturated heterocycles. The average molecular weight is 360 g/mol. The van der Waals surface area contributed by atoms with Crippen molar-refractivity contribution < 1.29 is 14.3 Å². The van der Waals surface area contributed by atoms with Crippen molar-refractivity contribution in [2.75, 3.05) is 11.9 Å². The van der Waals surface area contributed by atoms with E-state index in [1.165, 1.54) is 6.08 Å². The highest BCUT2D eigenvalue weighted by atomic mass is 16.5. The maximum Gasteiger partial charge on any atom is 0.293 e. The molecule has 2 aromatic carbocycles. The first-order valence-electron chi connectivity index (χ1n) is 8.95. The zero-order valence-corrected chi connectivity index (χ0v) is 15.0. The number of hydrogen-bond acceptors (Lipinski definition) is 3. The van der Waals surface area contributed by atoms with Gasteiger partial charge in [-0.1, -0.05) is 30.3 Å². The van der Waals surface area contributed by atoms with Crippen LogP contribution >= 0.6 is 0 Å². The molecule has 1 N–H and O–H groups in total. The van der Waals surface area contributed by atoms with Crippen LogP contribution in [-0.4, -0.2) is 24.9 Å². The SMILES string of the molecule is CN1C(=O)/C(=C/c2cccc(/C=C/C(=O)NC3CC3)c2)Oc2ccccc21. The lowest BCUT2D eigenvalue weighted by molar-refractivity contribution is -0.117. The van der Waals surface area contributed by atoms with Crippen molar-refractivity contribution in [2.45, 2.75) is 18.9 Å². The Hall–Kier alpha value is -3.34. The minimum absolute atomic E-state index is 0.0784. The molecule has 0 atom stereocenters. The van der Waals surface area contributed by atoms with Crippen LogP contribution in [-0.2, 0) is 9.59 Å². The molecule has 1 heterocycles. The van der Waals surface area contributed by atoms with E-state index in [2.05, 4.69) is 5.32 Å². The fraction of sp³-hybridized carbons (Fsp3) is 0.182. The molecule has 1 aliphatic heterocycles. The molecule has 0 spiro atoms. The second-order valence-electron chi connectivity index (χ2n) is 6.73. The van der Waals surface area contributed by atoms with Crippen molar-refractivity contribution in [2.24, 2.45) is 0 Å². The van der Waals surface area contributed by atoms with E-state index < -0.39 is 0 Å². The second kappa shape index (κ2) is 7.11. The standard InChI is InChI=1S/C22H20N2O3/c1-24-18-7-2-3-8-19(18)27-20(22(24)26)14-16-6-4-5-15(13-16)9-12-21(25)23-17-10-11-17/h2-9,12-14,17H,10-11H2,1H3,(H,23,25)/b12-9+,20-14-. The van der Waals surface area contributed by atoms with Gasteiger partial charge in [0.25, 0.3) is 5.91 Å². The van der Waals surface area contributed by atoms with Crippen molar-refractivity contribution >= 4 is 29.7 Å². The molecule has 0 unspecified atom stereocenters. The number of hydrogen-bond donors (Lipinski definition) is 1. The van der Waals surface area contributed by atoms with Gasteiger partial charge in [-0.3, -0.25) is 9.59 Å². The van der Waals surface area contributed by atoms with Gasteiger partial charge in [-0.25, -0.2) is 0 Å². The third-order valence-corrected chi connectivity index (χ3v) is 4.52. The van der Waals surface area contributed by atoms with Crippen molar-refractivity contribution in [3.63, 3.8) is 0 Å². The highest BCUT2D eigenvalue weighted by molar-refractivity contribution is 6.09.